The number of nitrogens with zero attached hydrogens (tertiary/aromatic N) is 1. The first kappa shape index (κ1) is 25.3. The summed E-state index contributed by atoms with van der Waals surface area (Å²) in [7, 11) is 5.60. The highest BCUT2D eigenvalue weighted by molar-refractivity contribution is 6.46. The summed E-state index contributed by atoms with van der Waals surface area (Å²) in [6.45, 7) is 5.88. The number of Topliss-reactive ketones (excluding diaryl/α,β-unsaturated/α-hetero) is 1. The SMILES string of the molecule is COc1ccccc1C1C(=C([O-])c2ccc(OCC(C)C)cc2)C(=O)C(=O)N1CCC[NH+](C)C. The number of hydrogen-bond donors (Lipinski definition) is 1. The first-order valence-corrected chi connectivity index (χ1v) is 11.7. The summed E-state index contributed by atoms with van der Waals surface area (Å²) < 4.78 is 11.2. The van der Waals surface area contributed by atoms with Gasteiger partial charge in [-0.1, -0.05) is 49.9 Å². The fourth-order valence-corrected chi connectivity index (χ4v) is 4.04. The average molecular weight is 467 g/mol. The lowest BCUT2D eigenvalue weighted by Gasteiger charge is -2.28. The van der Waals surface area contributed by atoms with Gasteiger partial charge >= 0.3 is 0 Å². The van der Waals surface area contributed by atoms with Crippen LogP contribution in [0.1, 0.15) is 37.4 Å². The van der Waals surface area contributed by atoms with Crippen LogP contribution in [0.25, 0.3) is 5.76 Å². The van der Waals surface area contributed by atoms with Gasteiger partial charge in [0.1, 0.15) is 11.5 Å². The summed E-state index contributed by atoms with van der Waals surface area (Å²) in [5.74, 6) is -0.298. The fourth-order valence-electron chi connectivity index (χ4n) is 4.04. The van der Waals surface area contributed by atoms with E-state index in [0.29, 0.717) is 48.1 Å². The van der Waals surface area contributed by atoms with Crippen LogP contribution in [0.5, 0.6) is 11.5 Å². The lowest BCUT2D eigenvalue weighted by atomic mass is 9.94. The quantitative estimate of drug-likeness (QED) is 0.326. The molecule has 0 spiro atoms. The number of amides is 1. The summed E-state index contributed by atoms with van der Waals surface area (Å²) in [5.41, 5.74) is 0.928. The van der Waals surface area contributed by atoms with Crippen molar-refractivity contribution in [1.82, 2.24) is 4.90 Å². The molecule has 3 rings (SSSR count). The van der Waals surface area contributed by atoms with E-state index in [-0.39, 0.29) is 5.57 Å². The van der Waals surface area contributed by atoms with E-state index in [1.165, 1.54) is 16.9 Å². The molecule has 1 fully saturated rings. The second kappa shape index (κ2) is 11.2. The molecule has 1 atom stereocenters. The molecule has 1 saturated heterocycles. The normalized spacial score (nSPS) is 17.6. The lowest BCUT2D eigenvalue weighted by Crippen LogP contribution is -3.05. The van der Waals surface area contributed by atoms with Gasteiger partial charge in [0.25, 0.3) is 5.91 Å². The molecule has 1 amide bonds. The molecule has 0 radical (unpaired) electrons. The van der Waals surface area contributed by atoms with Crippen molar-refractivity contribution in [2.24, 2.45) is 5.92 Å². The van der Waals surface area contributed by atoms with E-state index >= 15 is 0 Å². The van der Waals surface area contributed by atoms with Gasteiger partial charge in [0, 0.05) is 24.1 Å². The van der Waals surface area contributed by atoms with Crippen molar-refractivity contribution in [3.8, 4) is 11.5 Å². The number of quaternary nitrogens is 1. The first-order valence-electron chi connectivity index (χ1n) is 11.7. The Balaban J connectivity index is 2.04. The third kappa shape index (κ3) is 5.59. The molecule has 1 heterocycles. The van der Waals surface area contributed by atoms with Crippen LogP contribution in [0.2, 0.25) is 0 Å². The van der Waals surface area contributed by atoms with E-state index in [1.807, 2.05) is 26.2 Å². The predicted molar refractivity (Wildman–Crippen MR) is 128 cm³/mol. The van der Waals surface area contributed by atoms with Gasteiger partial charge in [0.05, 0.1) is 40.4 Å². The minimum absolute atomic E-state index is 0.0393. The highest BCUT2D eigenvalue weighted by Crippen LogP contribution is 2.42. The minimum atomic E-state index is -0.794. The van der Waals surface area contributed by atoms with Crippen molar-refractivity contribution in [2.45, 2.75) is 26.3 Å². The Morgan fingerprint density at radius 1 is 1.09 bits per heavy atom. The molecular weight excluding hydrogens is 432 g/mol. The summed E-state index contributed by atoms with van der Waals surface area (Å²) in [6, 6.07) is 13.1. The van der Waals surface area contributed by atoms with Crippen LogP contribution in [-0.2, 0) is 9.59 Å². The van der Waals surface area contributed by atoms with E-state index in [4.69, 9.17) is 9.47 Å². The number of ether oxygens (including phenoxy) is 2. The van der Waals surface area contributed by atoms with Gasteiger partial charge in [-0.3, -0.25) is 9.59 Å². The zero-order valence-electron chi connectivity index (χ0n) is 20.6. The van der Waals surface area contributed by atoms with E-state index < -0.39 is 23.5 Å². The smallest absolute Gasteiger partial charge is 0.295 e. The Labute approximate surface area is 201 Å². The largest absolute Gasteiger partial charge is 0.872 e. The van der Waals surface area contributed by atoms with Crippen LogP contribution in [-0.4, -0.2) is 57.5 Å². The first-order chi connectivity index (χ1) is 16.2. The van der Waals surface area contributed by atoms with Gasteiger partial charge < -0.3 is 24.4 Å². The van der Waals surface area contributed by atoms with E-state index in [9.17, 15) is 14.7 Å². The Hall–Kier alpha value is -3.32. The molecule has 1 aliphatic rings. The van der Waals surface area contributed by atoms with Crippen molar-refractivity contribution >= 4 is 17.4 Å². The number of benzene rings is 2. The van der Waals surface area contributed by atoms with Crippen molar-refractivity contribution in [3.05, 3.63) is 65.2 Å². The molecule has 1 aliphatic heterocycles. The second-order valence-corrected chi connectivity index (χ2v) is 9.25. The lowest BCUT2D eigenvalue weighted by molar-refractivity contribution is -0.858. The number of hydrogen-bond acceptors (Lipinski definition) is 5. The molecular formula is C27H34N2O5. The monoisotopic (exact) mass is 466 g/mol. The van der Waals surface area contributed by atoms with Gasteiger partial charge in [-0.2, -0.15) is 0 Å². The Morgan fingerprint density at radius 2 is 1.76 bits per heavy atom. The van der Waals surface area contributed by atoms with Crippen molar-refractivity contribution < 1.29 is 29.1 Å². The van der Waals surface area contributed by atoms with Crippen LogP contribution in [0.4, 0.5) is 0 Å². The van der Waals surface area contributed by atoms with Crippen LogP contribution in [0.3, 0.4) is 0 Å². The second-order valence-electron chi connectivity index (χ2n) is 9.25. The van der Waals surface area contributed by atoms with Gasteiger partial charge in [0.2, 0.25) is 5.78 Å². The Kier molecular flexibility index (Phi) is 8.34. The molecule has 0 aliphatic carbocycles. The van der Waals surface area contributed by atoms with Crippen molar-refractivity contribution in [1.29, 1.82) is 0 Å². The molecule has 182 valence electrons. The maximum absolute atomic E-state index is 13.6. The Bertz CT molecular complexity index is 1040. The van der Waals surface area contributed by atoms with Gasteiger partial charge in [-0.25, -0.2) is 0 Å². The number of likely N-dealkylation sites (tertiary alicyclic amines) is 1. The van der Waals surface area contributed by atoms with Crippen molar-refractivity contribution in [3.63, 3.8) is 0 Å². The Morgan fingerprint density at radius 3 is 2.38 bits per heavy atom. The van der Waals surface area contributed by atoms with E-state index in [1.54, 1.807) is 36.4 Å². The molecule has 2 aromatic carbocycles. The molecule has 0 bridgehead atoms. The number of carbonyl (C=O) groups excluding carboxylic acids is 2. The highest BCUT2D eigenvalue weighted by atomic mass is 16.5. The van der Waals surface area contributed by atoms with E-state index in [2.05, 4.69) is 13.8 Å². The molecule has 34 heavy (non-hydrogen) atoms. The number of rotatable bonds is 10. The summed E-state index contributed by atoms with van der Waals surface area (Å²) in [4.78, 5) is 28.9. The van der Waals surface area contributed by atoms with Crippen LogP contribution in [0.15, 0.2) is 54.1 Å². The van der Waals surface area contributed by atoms with Crippen molar-refractivity contribution in [2.75, 3.05) is 40.9 Å². The van der Waals surface area contributed by atoms with Crippen LogP contribution < -0.4 is 19.5 Å². The standard InChI is InChI=1S/C27H34N2O5/c1-18(2)17-34-20-13-11-19(12-14-20)25(30)23-24(21-9-6-7-10-22(21)33-5)29(27(32)26(23)31)16-8-15-28(3)4/h6-7,9-14,18,24,30H,8,15-17H2,1-5H3. The van der Waals surface area contributed by atoms with Gasteiger partial charge in [0.15, 0.2) is 0 Å². The highest BCUT2D eigenvalue weighted by Gasteiger charge is 2.44. The molecule has 2 aromatic rings. The molecule has 1 unspecified atom stereocenters. The number of carbonyl (C=O) groups is 2. The fraction of sp³-hybridized carbons (Fsp3) is 0.407. The molecule has 0 saturated carbocycles. The maximum atomic E-state index is 13.6. The number of methoxy groups -OCH3 is 1. The zero-order chi connectivity index (χ0) is 24.8. The summed E-state index contributed by atoms with van der Waals surface area (Å²) in [5, 5.41) is 13.6. The van der Waals surface area contributed by atoms with Gasteiger partial charge in [-0.05, 0) is 29.7 Å². The average Bonchev–Trinajstić information content (AvgIpc) is 3.07. The molecule has 7 heteroatoms. The third-order valence-electron chi connectivity index (χ3n) is 5.74. The number of para-hydroxylation sites is 1. The molecule has 7 nitrogen and oxygen atoms in total. The number of nitrogens with one attached hydrogen (secondary N) is 1. The van der Waals surface area contributed by atoms with Gasteiger partial charge in [-0.15, -0.1) is 0 Å². The minimum Gasteiger partial charge on any atom is -0.872 e. The van der Waals surface area contributed by atoms with E-state index in [0.717, 1.165) is 6.54 Å². The van der Waals surface area contributed by atoms with Crippen LogP contribution >= 0.6 is 0 Å². The van der Waals surface area contributed by atoms with Crippen LogP contribution in [0, 0.1) is 5.92 Å². The maximum Gasteiger partial charge on any atom is 0.295 e. The molecule has 1 N–H and O–H groups in total. The predicted octanol–water partition coefficient (Wildman–Crippen LogP) is 1.49. The summed E-state index contributed by atoms with van der Waals surface area (Å²) in [6.07, 6.45) is 0.705. The molecule has 0 aromatic heterocycles. The summed E-state index contributed by atoms with van der Waals surface area (Å²) >= 11 is 0. The third-order valence-corrected chi connectivity index (χ3v) is 5.74. The topological polar surface area (TPSA) is 83.3 Å². The zero-order valence-corrected chi connectivity index (χ0v) is 20.6. The number of ketones is 1.